The van der Waals surface area contributed by atoms with E-state index >= 15 is 0 Å². The SMILES string of the molecule is CCNc1nc(C(C)(C)C)nc(NC2CCN(C)C2)c1C. The van der Waals surface area contributed by atoms with Gasteiger partial charge in [0.25, 0.3) is 0 Å². The van der Waals surface area contributed by atoms with Crippen LogP contribution in [0.3, 0.4) is 0 Å². The highest BCUT2D eigenvalue weighted by Crippen LogP contribution is 2.27. The highest BCUT2D eigenvalue weighted by atomic mass is 15.2. The van der Waals surface area contributed by atoms with Gasteiger partial charge in [-0.15, -0.1) is 0 Å². The van der Waals surface area contributed by atoms with Gasteiger partial charge in [-0.1, -0.05) is 20.8 Å². The monoisotopic (exact) mass is 291 g/mol. The normalized spacial score (nSPS) is 19.8. The summed E-state index contributed by atoms with van der Waals surface area (Å²) in [6.07, 6.45) is 1.17. The molecule has 2 heterocycles. The van der Waals surface area contributed by atoms with E-state index < -0.39 is 0 Å². The first-order chi connectivity index (χ1) is 9.81. The minimum Gasteiger partial charge on any atom is -0.370 e. The fourth-order valence-electron chi connectivity index (χ4n) is 2.58. The average Bonchev–Trinajstić information content (AvgIpc) is 2.78. The van der Waals surface area contributed by atoms with Crippen molar-refractivity contribution >= 4 is 11.6 Å². The van der Waals surface area contributed by atoms with E-state index in [9.17, 15) is 0 Å². The van der Waals surface area contributed by atoms with Crippen molar-refractivity contribution in [3.8, 4) is 0 Å². The fourth-order valence-corrected chi connectivity index (χ4v) is 2.58. The van der Waals surface area contributed by atoms with E-state index in [2.05, 4.69) is 57.2 Å². The lowest BCUT2D eigenvalue weighted by atomic mass is 9.95. The lowest BCUT2D eigenvalue weighted by molar-refractivity contribution is 0.414. The first kappa shape index (κ1) is 16.0. The molecule has 0 aromatic carbocycles. The van der Waals surface area contributed by atoms with Gasteiger partial charge in [-0.05, 0) is 33.9 Å². The maximum Gasteiger partial charge on any atom is 0.138 e. The van der Waals surface area contributed by atoms with Crippen LogP contribution in [0.15, 0.2) is 0 Å². The van der Waals surface area contributed by atoms with Crippen molar-refractivity contribution in [2.45, 2.75) is 52.5 Å². The Morgan fingerprint density at radius 3 is 2.43 bits per heavy atom. The fraction of sp³-hybridized carbons (Fsp3) is 0.750. The third kappa shape index (κ3) is 3.84. The second-order valence-corrected chi connectivity index (χ2v) is 7.04. The molecule has 0 radical (unpaired) electrons. The molecule has 1 aliphatic heterocycles. The highest BCUT2D eigenvalue weighted by molar-refractivity contribution is 5.58. The molecule has 2 rings (SSSR count). The molecule has 118 valence electrons. The van der Waals surface area contributed by atoms with E-state index in [-0.39, 0.29) is 5.41 Å². The molecule has 0 bridgehead atoms. The van der Waals surface area contributed by atoms with Crippen LogP contribution in [-0.2, 0) is 5.41 Å². The molecule has 5 nitrogen and oxygen atoms in total. The van der Waals surface area contributed by atoms with Gasteiger partial charge in [0.05, 0.1) is 0 Å². The summed E-state index contributed by atoms with van der Waals surface area (Å²) in [5.74, 6) is 2.82. The highest BCUT2D eigenvalue weighted by Gasteiger charge is 2.24. The van der Waals surface area contributed by atoms with Crippen molar-refractivity contribution in [3.63, 3.8) is 0 Å². The Balaban J connectivity index is 2.31. The minimum atomic E-state index is -0.0548. The van der Waals surface area contributed by atoms with E-state index in [0.717, 1.165) is 42.7 Å². The van der Waals surface area contributed by atoms with Crippen LogP contribution in [0.2, 0.25) is 0 Å². The Morgan fingerprint density at radius 1 is 1.24 bits per heavy atom. The Bertz CT molecular complexity index is 492. The van der Waals surface area contributed by atoms with Crippen LogP contribution in [0.25, 0.3) is 0 Å². The van der Waals surface area contributed by atoms with Crippen molar-refractivity contribution < 1.29 is 0 Å². The van der Waals surface area contributed by atoms with Gasteiger partial charge in [0.2, 0.25) is 0 Å². The van der Waals surface area contributed by atoms with Gasteiger partial charge < -0.3 is 15.5 Å². The zero-order valence-electron chi connectivity index (χ0n) is 14.2. The minimum absolute atomic E-state index is 0.0548. The molecule has 1 unspecified atom stereocenters. The molecular weight excluding hydrogens is 262 g/mol. The van der Waals surface area contributed by atoms with Gasteiger partial charge in [-0.2, -0.15) is 0 Å². The third-order valence-electron chi connectivity index (χ3n) is 3.89. The molecule has 1 aromatic rings. The summed E-state index contributed by atoms with van der Waals surface area (Å²) in [6, 6.07) is 0.478. The van der Waals surface area contributed by atoms with Crippen molar-refractivity contribution in [2.75, 3.05) is 37.3 Å². The lowest BCUT2D eigenvalue weighted by Crippen LogP contribution is -2.26. The van der Waals surface area contributed by atoms with Crippen LogP contribution < -0.4 is 10.6 Å². The van der Waals surface area contributed by atoms with E-state index in [1.807, 2.05) is 0 Å². The first-order valence-corrected chi connectivity index (χ1v) is 7.89. The number of likely N-dealkylation sites (N-methyl/N-ethyl adjacent to an activating group) is 1. The molecule has 1 aliphatic rings. The first-order valence-electron chi connectivity index (χ1n) is 7.89. The Morgan fingerprint density at radius 2 is 1.90 bits per heavy atom. The largest absolute Gasteiger partial charge is 0.370 e. The van der Waals surface area contributed by atoms with Gasteiger partial charge in [0.1, 0.15) is 17.5 Å². The zero-order chi connectivity index (χ0) is 15.6. The smallest absolute Gasteiger partial charge is 0.138 e. The van der Waals surface area contributed by atoms with Crippen molar-refractivity contribution in [2.24, 2.45) is 0 Å². The van der Waals surface area contributed by atoms with Gasteiger partial charge in [-0.3, -0.25) is 0 Å². The summed E-state index contributed by atoms with van der Waals surface area (Å²) >= 11 is 0. The summed E-state index contributed by atoms with van der Waals surface area (Å²) in [5, 5.41) is 6.98. The maximum atomic E-state index is 4.79. The van der Waals surface area contributed by atoms with E-state index in [1.54, 1.807) is 0 Å². The maximum absolute atomic E-state index is 4.79. The van der Waals surface area contributed by atoms with Gasteiger partial charge in [0, 0.05) is 30.1 Å². The van der Waals surface area contributed by atoms with E-state index in [0.29, 0.717) is 6.04 Å². The second-order valence-electron chi connectivity index (χ2n) is 7.04. The van der Waals surface area contributed by atoms with Crippen LogP contribution >= 0.6 is 0 Å². The summed E-state index contributed by atoms with van der Waals surface area (Å²) in [4.78, 5) is 11.9. The number of likely N-dealkylation sites (tertiary alicyclic amines) is 1. The van der Waals surface area contributed by atoms with E-state index in [1.165, 1.54) is 6.42 Å². The number of nitrogens with one attached hydrogen (secondary N) is 2. The molecule has 1 saturated heterocycles. The second kappa shape index (κ2) is 6.18. The molecule has 21 heavy (non-hydrogen) atoms. The summed E-state index contributed by atoms with van der Waals surface area (Å²) in [5.41, 5.74) is 1.06. The van der Waals surface area contributed by atoms with Crippen LogP contribution in [0.1, 0.15) is 45.5 Å². The number of rotatable bonds is 4. The van der Waals surface area contributed by atoms with Crippen LogP contribution in [-0.4, -0.2) is 47.6 Å². The number of hydrogen-bond acceptors (Lipinski definition) is 5. The topological polar surface area (TPSA) is 53.1 Å². The predicted octanol–water partition coefficient (Wildman–Crippen LogP) is 2.63. The number of anilines is 2. The van der Waals surface area contributed by atoms with Gasteiger partial charge >= 0.3 is 0 Å². The number of nitrogens with zero attached hydrogens (tertiary/aromatic N) is 3. The molecule has 0 amide bonds. The van der Waals surface area contributed by atoms with E-state index in [4.69, 9.17) is 9.97 Å². The summed E-state index contributed by atoms with van der Waals surface area (Å²) in [6.45, 7) is 13.7. The van der Waals surface area contributed by atoms with Crippen molar-refractivity contribution in [1.29, 1.82) is 0 Å². The van der Waals surface area contributed by atoms with Crippen LogP contribution in [0.5, 0.6) is 0 Å². The van der Waals surface area contributed by atoms with Gasteiger partial charge in [-0.25, -0.2) is 9.97 Å². The number of hydrogen-bond donors (Lipinski definition) is 2. The molecule has 2 N–H and O–H groups in total. The Hall–Kier alpha value is -1.36. The zero-order valence-corrected chi connectivity index (χ0v) is 14.2. The van der Waals surface area contributed by atoms with Crippen molar-refractivity contribution in [3.05, 3.63) is 11.4 Å². The van der Waals surface area contributed by atoms with Crippen LogP contribution in [0.4, 0.5) is 11.6 Å². The average molecular weight is 291 g/mol. The molecule has 1 fully saturated rings. The standard InChI is InChI=1S/C16H29N5/c1-7-17-13-11(2)14(18-12-8-9-21(6)10-12)20-15(19-13)16(3,4)5/h12H,7-10H2,1-6H3,(H2,17,18,19,20). The summed E-state index contributed by atoms with van der Waals surface area (Å²) < 4.78 is 0. The Kier molecular flexibility index (Phi) is 4.71. The molecule has 1 atom stereocenters. The lowest BCUT2D eigenvalue weighted by Gasteiger charge is -2.23. The molecule has 0 saturated carbocycles. The van der Waals surface area contributed by atoms with Crippen LogP contribution in [0, 0.1) is 6.92 Å². The third-order valence-corrected chi connectivity index (χ3v) is 3.89. The molecule has 5 heteroatoms. The molecule has 0 spiro atoms. The molecule has 0 aliphatic carbocycles. The summed E-state index contributed by atoms with van der Waals surface area (Å²) in [7, 11) is 2.17. The quantitative estimate of drug-likeness (QED) is 0.893. The molecule has 1 aromatic heterocycles. The molecular formula is C16H29N5. The van der Waals surface area contributed by atoms with Gasteiger partial charge in [0.15, 0.2) is 0 Å². The number of aromatic nitrogens is 2. The van der Waals surface area contributed by atoms with Crippen molar-refractivity contribution in [1.82, 2.24) is 14.9 Å². The predicted molar refractivity (Wildman–Crippen MR) is 89.2 cm³/mol. The Labute approximate surface area is 128 Å².